The van der Waals surface area contributed by atoms with Crippen LogP contribution in [-0.2, 0) is 0 Å². The van der Waals surface area contributed by atoms with Crippen molar-refractivity contribution in [2.45, 2.75) is 0 Å². The highest BCUT2D eigenvalue weighted by Crippen LogP contribution is 2.27. The van der Waals surface area contributed by atoms with Gasteiger partial charge in [0, 0.05) is 17.8 Å². The molecule has 0 atom stereocenters. The van der Waals surface area contributed by atoms with Gasteiger partial charge in [-0.2, -0.15) is 0 Å². The first-order valence-corrected chi connectivity index (χ1v) is 7.63. The van der Waals surface area contributed by atoms with Crippen LogP contribution in [0.1, 0.15) is 0 Å². The van der Waals surface area contributed by atoms with Gasteiger partial charge in [0.25, 0.3) is 0 Å². The van der Waals surface area contributed by atoms with E-state index in [0.29, 0.717) is 11.4 Å². The third-order valence-corrected chi connectivity index (χ3v) is 4.01. The van der Waals surface area contributed by atoms with Gasteiger partial charge in [0.2, 0.25) is 5.95 Å². The van der Waals surface area contributed by atoms with E-state index in [1.807, 2.05) is 18.2 Å². The maximum Gasteiger partial charge on any atom is 0.229 e. The van der Waals surface area contributed by atoms with E-state index in [1.54, 1.807) is 17.6 Å². The van der Waals surface area contributed by atoms with E-state index < -0.39 is 5.82 Å². The van der Waals surface area contributed by atoms with Gasteiger partial charge in [-0.1, -0.05) is 6.07 Å². The first-order valence-electron chi connectivity index (χ1n) is 6.75. The Morgan fingerprint density at radius 2 is 2.09 bits per heavy atom. The summed E-state index contributed by atoms with van der Waals surface area (Å²) >= 11 is 1.54. The molecule has 0 saturated heterocycles. The van der Waals surface area contributed by atoms with Crippen molar-refractivity contribution in [1.29, 1.82) is 0 Å². The van der Waals surface area contributed by atoms with Gasteiger partial charge in [0.1, 0.15) is 11.5 Å². The monoisotopic (exact) mass is 322 g/mol. The molecule has 0 bridgehead atoms. The molecule has 4 aromatic rings. The van der Waals surface area contributed by atoms with Crippen LogP contribution >= 0.6 is 11.3 Å². The molecule has 0 unspecified atom stereocenters. The van der Waals surface area contributed by atoms with Gasteiger partial charge in [-0.25, -0.2) is 24.3 Å². The van der Waals surface area contributed by atoms with Crippen LogP contribution < -0.4 is 5.32 Å². The van der Waals surface area contributed by atoms with Crippen LogP contribution in [0.2, 0.25) is 0 Å². The number of nitrogens with one attached hydrogen (secondary N) is 1. The fraction of sp³-hybridized carbons (Fsp3) is 0. The number of rotatable bonds is 3. The third-order valence-electron chi connectivity index (χ3n) is 3.20. The Morgan fingerprint density at radius 3 is 2.96 bits per heavy atom. The average Bonchev–Trinajstić information content (AvgIpc) is 3.05. The van der Waals surface area contributed by atoms with E-state index >= 15 is 0 Å². The molecule has 3 heterocycles. The zero-order valence-corrected chi connectivity index (χ0v) is 12.5. The highest BCUT2D eigenvalue weighted by Gasteiger charge is 2.11. The van der Waals surface area contributed by atoms with Crippen LogP contribution in [0.3, 0.4) is 0 Å². The van der Waals surface area contributed by atoms with Crippen molar-refractivity contribution in [3.8, 4) is 11.3 Å². The number of thiazole rings is 1. The van der Waals surface area contributed by atoms with Gasteiger partial charge in [-0.05, 0) is 24.3 Å². The second kappa shape index (κ2) is 5.69. The number of pyridine rings is 1. The topological polar surface area (TPSA) is 63.6 Å². The molecule has 0 saturated carbocycles. The van der Waals surface area contributed by atoms with Crippen molar-refractivity contribution in [2.24, 2.45) is 0 Å². The summed E-state index contributed by atoms with van der Waals surface area (Å²) in [7, 11) is 0. The molecule has 0 aliphatic rings. The number of hydrogen-bond donors (Lipinski definition) is 1. The van der Waals surface area contributed by atoms with E-state index in [9.17, 15) is 4.39 Å². The zero-order valence-electron chi connectivity index (χ0n) is 11.7. The molecule has 23 heavy (non-hydrogen) atoms. The predicted molar refractivity (Wildman–Crippen MR) is 87.0 cm³/mol. The molecule has 4 rings (SSSR count). The highest BCUT2D eigenvalue weighted by molar-refractivity contribution is 7.16. The summed E-state index contributed by atoms with van der Waals surface area (Å²) in [6, 6.07) is 11.8. The van der Waals surface area contributed by atoms with E-state index in [0.717, 1.165) is 16.4 Å². The highest BCUT2D eigenvalue weighted by atomic mass is 32.1. The third kappa shape index (κ3) is 2.74. The molecule has 1 aromatic carbocycles. The van der Waals surface area contributed by atoms with Gasteiger partial charge in [-0.3, -0.25) is 0 Å². The normalized spacial score (nSPS) is 10.8. The minimum atomic E-state index is -0.487. The quantitative estimate of drug-likeness (QED) is 0.621. The number of benzene rings is 1. The number of aromatic nitrogens is 4. The lowest BCUT2D eigenvalue weighted by Crippen LogP contribution is -2.01. The predicted octanol–water partition coefficient (Wildman–Crippen LogP) is 3.83. The summed E-state index contributed by atoms with van der Waals surface area (Å²) in [5, 5.41) is 2.94. The molecule has 3 aromatic heterocycles. The van der Waals surface area contributed by atoms with Gasteiger partial charge < -0.3 is 5.32 Å². The summed E-state index contributed by atoms with van der Waals surface area (Å²) in [5.41, 5.74) is 3.46. The summed E-state index contributed by atoms with van der Waals surface area (Å²) in [5.74, 6) is 0.356. The lowest BCUT2D eigenvalue weighted by atomic mass is 10.1. The van der Waals surface area contributed by atoms with Crippen LogP contribution in [0, 0.1) is 11.9 Å². The summed E-state index contributed by atoms with van der Waals surface area (Å²) in [6.07, 6.45) is 2.67. The molecule has 1 N–H and O–H groups in total. The first kappa shape index (κ1) is 13.7. The molecular formula is C16H9FN5S. The van der Waals surface area contributed by atoms with Crippen LogP contribution in [-0.4, -0.2) is 19.9 Å². The summed E-state index contributed by atoms with van der Waals surface area (Å²) in [4.78, 5) is 16.5. The van der Waals surface area contributed by atoms with Crippen molar-refractivity contribution in [2.75, 3.05) is 5.32 Å². The van der Waals surface area contributed by atoms with Gasteiger partial charge >= 0.3 is 0 Å². The van der Waals surface area contributed by atoms with E-state index in [2.05, 4.69) is 31.3 Å². The molecule has 7 heteroatoms. The smallest absolute Gasteiger partial charge is 0.229 e. The molecule has 0 aliphatic carbocycles. The number of anilines is 2. The van der Waals surface area contributed by atoms with Crippen molar-refractivity contribution < 1.29 is 4.39 Å². The van der Waals surface area contributed by atoms with Crippen LogP contribution in [0.15, 0.2) is 48.2 Å². The molecule has 0 fully saturated rings. The fourth-order valence-corrected chi connectivity index (χ4v) is 2.80. The molecular weight excluding hydrogens is 313 g/mol. The van der Waals surface area contributed by atoms with Crippen molar-refractivity contribution in [3.05, 3.63) is 60.1 Å². The van der Waals surface area contributed by atoms with E-state index in [-0.39, 0.29) is 11.6 Å². The Balaban J connectivity index is 1.74. The SMILES string of the molecule is Fc1cnc(Nc2cc[c]cn2)nc1-c1ccc2scnc2c1. The Labute approximate surface area is 134 Å². The van der Waals surface area contributed by atoms with Crippen LogP contribution in [0.25, 0.3) is 21.5 Å². The maximum absolute atomic E-state index is 14.1. The van der Waals surface area contributed by atoms with Crippen LogP contribution in [0.5, 0.6) is 0 Å². The second-order valence-electron chi connectivity index (χ2n) is 4.69. The van der Waals surface area contributed by atoms with Crippen molar-refractivity contribution in [1.82, 2.24) is 19.9 Å². The number of fused-ring (bicyclic) bond motifs is 1. The molecule has 5 nitrogen and oxygen atoms in total. The number of halogens is 1. The Morgan fingerprint density at radius 1 is 1.13 bits per heavy atom. The van der Waals surface area contributed by atoms with Gasteiger partial charge in [0.05, 0.1) is 21.9 Å². The molecule has 0 amide bonds. The summed E-state index contributed by atoms with van der Waals surface area (Å²) < 4.78 is 15.2. The largest absolute Gasteiger partial charge is 0.309 e. The first-order chi connectivity index (χ1) is 11.3. The number of hydrogen-bond acceptors (Lipinski definition) is 6. The molecule has 0 spiro atoms. The average molecular weight is 322 g/mol. The minimum absolute atomic E-state index is 0.222. The fourth-order valence-electron chi connectivity index (χ4n) is 2.14. The van der Waals surface area contributed by atoms with Crippen molar-refractivity contribution >= 4 is 33.3 Å². The standard InChI is InChI=1S/C16H9FN5S/c17-11-8-19-16(21-14-3-1-2-6-18-14)22-15(11)10-4-5-13-12(7-10)20-9-23-13/h1,3-9H,(H,18,19,21,22). The second-order valence-corrected chi connectivity index (χ2v) is 5.58. The van der Waals surface area contributed by atoms with Gasteiger partial charge in [0.15, 0.2) is 5.82 Å². The van der Waals surface area contributed by atoms with E-state index in [1.165, 1.54) is 17.5 Å². The maximum atomic E-state index is 14.1. The van der Waals surface area contributed by atoms with Crippen LogP contribution in [0.4, 0.5) is 16.2 Å². The lowest BCUT2D eigenvalue weighted by molar-refractivity contribution is 0.619. The Hall–Kier alpha value is -2.93. The lowest BCUT2D eigenvalue weighted by Gasteiger charge is -2.07. The summed E-state index contributed by atoms with van der Waals surface area (Å²) in [6.45, 7) is 0. The molecule has 1 radical (unpaired) electrons. The Bertz CT molecular complexity index is 971. The van der Waals surface area contributed by atoms with Gasteiger partial charge in [-0.15, -0.1) is 11.3 Å². The molecule has 111 valence electrons. The minimum Gasteiger partial charge on any atom is -0.309 e. The zero-order chi connectivity index (χ0) is 15.6. The molecule has 0 aliphatic heterocycles. The Kier molecular flexibility index (Phi) is 3.39. The van der Waals surface area contributed by atoms with E-state index in [4.69, 9.17) is 0 Å². The number of nitrogens with zero attached hydrogens (tertiary/aromatic N) is 4. The van der Waals surface area contributed by atoms with Crippen molar-refractivity contribution in [3.63, 3.8) is 0 Å².